The van der Waals surface area contributed by atoms with Crippen LogP contribution in [0.4, 0.5) is 11.8 Å². The zero-order valence-electron chi connectivity index (χ0n) is 13.1. The van der Waals surface area contributed by atoms with Gasteiger partial charge in [-0.15, -0.1) is 0 Å². The summed E-state index contributed by atoms with van der Waals surface area (Å²) in [6.45, 7) is 2.02. The van der Waals surface area contributed by atoms with Crippen LogP contribution in [-0.4, -0.2) is 29.1 Å². The van der Waals surface area contributed by atoms with Gasteiger partial charge in [0.25, 0.3) is 0 Å². The predicted octanol–water partition coefficient (Wildman–Crippen LogP) is 1.61. The van der Waals surface area contributed by atoms with E-state index in [2.05, 4.69) is 39.1 Å². The lowest BCUT2D eigenvalue weighted by molar-refractivity contribution is 0.726. The Morgan fingerprint density at radius 1 is 1.04 bits per heavy atom. The van der Waals surface area contributed by atoms with Crippen molar-refractivity contribution in [3.63, 3.8) is 0 Å². The lowest BCUT2D eigenvalue weighted by Gasteiger charge is -2.24. The fourth-order valence-electron chi connectivity index (χ4n) is 4.37. The smallest absolute Gasteiger partial charge is 0.222 e. The van der Waals surface area contributed by atoms with Gasteiger partial charge in [0, 0.05) is 30.3 Å². The van der Waals surface area contributed by atoms with Crippen molar-refractivity contribution in [2.45, 2.75) is 25.3 Å². The minimum absolute atomic E-state index is 0.375. The van der Waals surface area contributed by atoms with Crippen LogP contribution in [0.5, 0.6) is 0 Å². The van der Waals surface area contributed by atoms with E-state index in [1.807, 2.05) is 0 Å². The van der Waals surface area contributed by atoms with Crippen LogP contribution in [0, 0.1) is 11.8 Å². The van der Waals surface area contributed by atoms with Gasteiger partial charge < -0.3 is 16.4 Å². The molecule has 1 aromatic heterocycles. The summed E-state index contributed by atoms with van der Waals surface area (Å²) in [6, 6.07) is 8.94. The lowest BCUT2D eigenvalue weighted by Crippen LogP contribution is -2.30. The van der Waals surface area contributed by atoms with E-state index in [-0.39, 0.29) is 0 Å². The SMILES string of the molecule is Nc1nc2c(c(N3C[C@@H]4C(N)[C@@H]4C3)n1)CCCc1ccccc1-2. The number of anilines is 2. The first kappa shape index (κ1) is 13.3. The Kier molecular flexibility index (Phi) is 2.71. The van der Waals surface area contributed by atoms with Crippen molar-refractivity contribution in [2.75, 3.05) is 23.7 Å². The first-order valence-electron chi connectivity index (χ1n) is 8.47. The van der Waals surface area contributed by atoms with Crippen LogP contribution in [0.3, 0.4) is 0 Å². The standard InChI is InChI=1S/C18H21N5/c19-15-13-8-23(9-14(13)15)17-12-7-3-5-10-4-1-2-6-11(10)16(12)21-18(20)22-17/h1-2,4,6,13-15H,3,5,7-9,19H2,(H2,20,21,22)/t13-,14+,15?. The number of nitrogen functional groups attached to an aromatic ring is 1. The number of aromatic nitrogens is 2. The van der Waals surface area contributed by atoms with Crippen LogP contribution >= 0.6 is 0 Å². The topological polar surface area (TPSA) is 81.1 Å². The van der Waals surface area contributed by atoms with Gasteiger partial charge in [-0.2, -0.15) is 4.98 Å². The molecule has 1 aromatic carbocycles. The Balaban J connectivity index is 1.63. The largest absolute Gasteiger partial charge is 0.368 e. The molecule has 0 spiro atoms. The van der Waals surface area contributed by atoms with Crippen molar-refractivity contribution < 1.29 is 0 Å². The summed E-state index contributed by atoms with van der Waals surface area (Å²) in [6.07, 6.45) is 3.23. The monoisotopic (exact) mass is 307 g/mol. The molecule has 0 radical (unpaired) electrons. The molecule has 2 aliphatic carbocycles. The van der Waals surface area contributed by atoms with Gasteiger partial charge in [-0.3, -0.25) is 0 Å². The molecule has 1 saturated heterocycles. The van der Waals surface area contributed by atoms with E-state index in [9.17, 15) is 0 Å². The number of fused-ring (bicyclic) bond motifs is 4. The highest BCUT2D eigenvalue weighted by atomic mass is 15.3. The fraction of sp³-hybridized carbons (Fsp3) is 0.444. The van der Waals surface area contributed by atoms with Gasteiger partial charge in [0.2, 0.25) is 5.95 Å². The van der Waals surface area contributed by atoms with Crippen LogP contribution in [-0.2, 0) is 12.8 Å². The van der Waals surface area contributed by atoms with E-state index in [0.29, 0.717) is 23.8 Å². The summed E-state index contributed by atoms with van der Waals surface area (Å²) in [5.74, 6) is 2.70. The molecule has 23 heavy (non-hydrogen) atoms. The third kappa shape index (κ3) is 1.96. The van der Waals surface area contributed by atoms with Gasteiger partial charge >= 0.3 is 0 Å². The molecule has 5 heteroatoms. The summed E-state index contributed by atoms with van der Waals surface area (Å²) in [7, 11) is 0. The van der Waals surface area contributed by atoms with Gasteiger partial charge in [-0.25, -0.2) is 4.98 Å². The minimum atomic E-state index is 0.375. The molecule has 3 aliphatic rings. The zero-order chi connectivity index (χ0) is 15.6. The van der Waals surface area contributed by atoms with Crippen LogP contribution in [0.15, 0.2) is 24.3 Å². The molecule has 0 amide bonds. The van der Waals surface area contributed by atoms with E-state index in [1.165, 1.54) is 16.7 Å². The predicted molar refractivity (Wildman–Crippen MR) is 91.1 cm³/mol. The van der Waals surface area contributed by atoms with E-state index in [4.69, 9.17) is 11.5 Å². The van der Waals surface area contributed by atoms with E-state index < -0.39 is 0 Å². The second-order valence-corrected chi connectivity index (χ2v) is 7.05. The van der Waals surface area contributed by atoms with Gasteiger partial charge in [0.1, 0.15) is 5.82 Å². The summed E-state index contributed by atoms with van der Waals surface area (Å²) in [5, 5.41) is 0. The highest BCUT2D eigenvalue weighted by Crippen LogP contribution is 2.46. The molecule has 2 fully saturated rings. The van der Waals surface area contributed by atoms with Gasteiger partial charge in [-0.05, 0) is 36.7 Å². The molecule has 3 atom stereocenters. The molecule has 1 aliphatic heterocycles. The molecule has 2 aromatic rings. The Labute approximate surface area is 135 Å². The molecule has 4 N–H and O–H groups in total. The normalized spacial score (nSPS) is 27.9. The number of hydrogen-bond acceptors (Lipinski definition) is 5. The Hall–Kier alpha value is -2.14. The van der Waals surface area contributed by atoms with Crippen molar-refractivity contribution >= 4 is 11.8 Å². The molecular formula is C18H21N5. The third-order valence-electron chi connectivity index (χ3n) is 5.71. The first-order valence-corrected chi connectivity index (χ1v) is 8.47. The van der Waals surface area contributed by atoms with Crippen LogP contribution < -0.4 is 16.4 Å². The number of benzene rings is 1. The quantitative estimate of drug-likeness (QED) is 0.836. The molecule has 1 saturated carbocycles. The Morgan fingerprint density at radius 3 is 2.65 bits per heavy atom. The van der Waals surface area contributed by atoms with Crippen molar-refractivity contribution in [2.24, 2.45) is 17.6 Å². The first-order chi connectivity index (χ1) is 11.2. The molecule has 1 unspecified atom stereocenters. The molecule has 5 rings (SSSR count). The summed E-state index contributed by atoms with van der Waals surface area (Å²) >= 11 is 0. The van der Waals surface area contributed by atoms with Crippen LogP contribution in [0.25, 0.3) is 11.3 Å². The maximum atomic E-state index is 6.08. The maximum absolute atomic E-state index is 6.08. The number of aryl methyl sites for hydroxylation is 1. The highest BCUT2D eigenvalue weighted by Gasteiger charge is 2.54. The highest BCUT2D eigenvalue weighted by molar-refractivity contribution is 5.74. The van der Waals surface area contributed by atoms with Crippen molar-refractivity contribution in [3.8, 4) is 11.3 Å². The van der Waals surface area contributed by atoms with E-state index in [0.717, 1.165) is 43.9 Å². The van der Waals surface area contributed by atoms with Gasteiger partial charge in [0.05, 0.1) is 5.69 Å². The van der Waals surface area contributed by atoms with E-state index >= 15 is 0 Å². The summed E-state index contributed by atoms with van der Waals surface area (Å²) in [5.41, 5.74) is 17.0. The maximum Gasteiger partial charge on any atom is 0.222 e. The average molecular weight is 307 g/mol. The van der Waals surface area contributed by atoms with Gasteiger partial charge in [0.15, 0.2) is 0 Å². The summed E-state index contributed by atoms with van der Waals surface area (Å²) < 4.78 is 0. The molecule has 0 bridgehead atoms. The number of nitrogens with zero attached hydrogens (tertiary/aromatic N) is 3. The zero-order valence-corrected chi connectivity index (χ0v) is 13.1. The van der Waals surface area contributed by atoms with Gasteiger partial charge in [-0.1, -0.05) is 24.3 Å². The average Bonchev–Trinajstić information content (AvgIpc) is 3.00. The second-order valence-electron chi connectivity index (χ2n) is 7.05. The molecule has 2 heterocycles. The summed E-state index contributed by atoms with van der Waals surface area (Å²) in [4.78, 5) is 11.6. The minimum Gasteiger partial charge on any atom is -0.368 e. The number of nitrogens with two attached hydrogens (primary N) is 2. The number of rotatable bonds is 1. The van der Waals surface area contributed by atoms with E-state index in [1.54, 1.807) is 0 Å². The second kappa shape index (κ2) is 4.68. The van der Waals surface area contributed by atoms with Crippen molar-refractivity contribution in [1.29, 1.82) is 0 Å². The third-order valence-corrected chi connectivity index (χ3v) is 5.71. The molecular weight excluding hydrogens is 286 g/mol. The number of piperidine rings is 1. The van der Waals surface area contributed by atoms with Crippen LogP contribution in [0.2, 0.25) is 0 Å². The molecule has 118 valence electrons. The van der Waals surface area contributed by atoms with Crippen molar-refractivity contribution in [3.05, 3.63) is 35.4 Å². The van der Waals surface area contributed by atoms with Crippen molar-refractivity contribution in [1.82, 2.24) is 9.97 Å². The Bertz CT molecular complexity index is 775. The fourth-order valence-corrected chi connectivity index (χ4v) is 4.37. The molecule has 5 nitrogen and oxygen atoms in total. The Morgan fingerprint density at radius 2 is 1.83 bits per heavy atom. The number of hydrogen-bond donors (Lipinski definition) is 2. The lowest BCUT2D eigenvalue weighted by atomic mass is 10.0. The van der Waals surface area contributed by atoms with Crippen LogP contribution in [0.1, 0.15) is 17.5 Å².